The van der Waals surface area contributed by atoms with Gasteiger partial charge in [0.15, 0.2) is 23.6 Å². The second kappa shape index (κ2) is 12.9. The predicted molar refractivity (Wildman–Crippen MR) is 134 cm³/mol. The van der Waals surface area contributed by atoms with E-state index in [4.69, 9.17) is 28.4 Å². The largest absolute Gasteiger partial charge is 0.467 e. The van der Waals surface area contributed by atoms with Crippen LogP contribution in [0.25, 0.3) is 0 Å². The van der Waals surface area contributed by atoms with Gasteiger partial charge in [-0.15, -0.1) is 0 Å². The normalized spacial score (nSPS) is 24.7. The summed E-state index contributed by atoms with van der Waals surface area (Å²) in [6, 6.07) is 6.70. The van der Waals surface area contributed by atoms with Gasteiger partial charge in [-0.2, -0.15) is 0 Å². The molecule has 2 heterocycles. The number of ketones is 1. The molecule has 222 valence electrons. The van der Waals surface area contributed by atoms with E-state index >= 15 is 0 Å². The minimum atomic E-state index is -2.10. The quantitative estimate of drug-likeness (QED) is 0.220. The second-order valence-corrected chi connectivity index (χ2v) is 9.56. The molecule has 14 nitrogen and oxygen atoms in total. The van der Waals surface area contributed by atoms with Gasteiger partial charge in [0.25, 0.3) is 0 Å². The Labute approximate surface area is 235 Å². The van der Waals surface area contributed by atoms with E-state index in [1.54, 1.807) is 18.2 Å². The molecule has 0 radical (unpaired) electrons. The third kappa shape index (κ3) is 7.06. The summed E-state index contributed by atoms with van der Waals surface area (Å²) in [4.78, 5) is 88.5. The Bertz CT molecular complexity index is 1210. The molecule has 3 rings (SSSR count). The average Bonchev–Trinajstić information content (AvgIpc) is 3.24. The number of ether oxygens (including phenoxy) is 6. The van der Waals surface area contributed by atoms with Gasteiger partial charge in [0, 0.05) is 39.7 Å². The summed E-state index contributed by atoms with van der Waals surface area (Å²) in [5.41, 5.74) is -1.85. The van der Waals surface area contributed by atoms with Gasteiger partial charge in [0.05, 0.1) is 13.5 Å². The van der Waals surface area contributed by atoms with E-state index in [1.807, 2.05) is 0 Å². The number of imide groups is 1. The number of carbonyl (C=O) groups excluding carboxylic acids is 7. The molecule has 2 saturated heterocycles. The molecule has 2 aliphatic rings. The molecule has 0 unspecified atom stereocenters. The van der Waals surface area contributed by atoms with E-state index in [0.29, 0.717) is 0 Å². The maximum atomic E-state index is 13.3. The first-order chi connectivity index (χ1) is 19.3. The SMILES string of the molecule is COC(=O)[C@@]1(CC(=O)c2ccccc2)C[C@@H]2OC(=O)N(C(C)=O)[C@H]2[C@H]([C@H](OC(C)=O)[C@@H](COC(C)=O)OC(C)=O)O1. The van der Waals surface area contributed by atoms with Crippen LogP contribution in [0.1, 0.15) is 50.9 Å². The number of nitrogens with zero attached hydrogens (tertiary/aromatic N) is 1. The second-order valence-electron chi connectivity index (χ2n) is 9.56. The maximum Gasteiger partial charge on any atom is 0.417 e. The van der Waals surface area contributed by atoms with Crippen LogP contribution in [0.4, 0.5) is 4.79 Å². The van der Waals surface area contributed by atoms with E-state index in [1.165, 1.54) is 12.1 Å². The van der Waals surface area contributed by atoms with Crippen molar-refractivity contribution in [2.75, 3.05) is 13.7 Å². The van der Waals surface area contributed by atoms with Crippen molar-refractivity contribution in [3.63, 3.8) is 0 Å². The van der Waals surface area contributed by atoms with Crippen molar-refractivity contribution >= 4 is 41.7 Å². The average molecular weight is 578 g/mol. The van der Waals surface area contributed by atoms with E-state index < -0.39 is 97.2 Å². The van der Waals surface area contributed by atoms with Crippen LogP contribution in [0.15, 0.2) is 30.3 Å². The van der Waals surface area contributed by atoms with Crippen molar-refractivity contribution in [3.05, 3.63) is 35.9 Å². The fourth-order valence-corrected chi connectivity index (χ4v) is 5.01. The van der Waals surface area contributed by atoms with Crippen LogP contribution in [0, 0.1) is 0 Å². The Kier molecular flexibility index (Phi) is 9.81. The number of benzene rings is 1. The summed E-state index contributed by atoms with van der Waals surface area (Å²) >= 11 is 0. The standard InChI is InChI=1S/C27H31NO13/c1-14(29)28-22-20(40-26(28)35)12-27(25(34)36-5,11-19(33)18-9-7-6-8-10-18)41-24(22)23(39-17(4)32)21(38-16(3)31)13-37-15(2)30/h6-10,20-24H,11-13H2,1-5H3/t20-,21+,22+,23+,24+,27+/m0/s1. The van der Waals surface area contributed by atoms with E-state index in [2.05, 4.69) is 0 Å². The monoisotopic (exact) mass is 577 g/mol. The van der Waals surface area contributed by atoms with Crippen LogP contribution < -0.4 is 0 Å². The van der Waals surface area contributed by atoms with Crippen molar-refractivity contribution in [1.29, 1.82) is 0 Å². The lowest BCUT2D eigenvalue weighted by Gasteiger charge is -2.47. The van der Waals surface area contributed by atoms with Gasteiger partial charge in [0.2, 0.25) is 5.91 Å². The lowest BCUT2D eigenvalue weighted by Crippen LogP contribution is -2.66. The number of rotatable bonds is 10. The molecule has 0 saturated carbocycles. The molecule has 1 aromatic carbocycles. The Morgan fingerprint density at radius 1 is 0.976 bits per heavy atom. The fourth-order valence-electron chi connectivity index (χ4n) is 5.01. The number of methoxy groups -OCH3 is 1. The first-order valence-corrected chi connectivity index (χ1v) is 12.6. The van der Waals surface area contributed by atoms with Crippen LogP contribution in [-0.2, 0) is 52.4 Å². The highest BCUT2D eigenvalue weighted by Crippen LogP contribution is 2.43. The van der Waals surface area contributed by atoms with E-state index in [0.717, 1.165) is 39.7 Å². The number of amides is 2. The Hall–Kier alpha value is -4.33. The number of hydrogen-bond donors (Lipinski definition) is 0. The van der Waals surface area contributed by atoms with Gasteiger partial charge in [0.1, 0.15) is 24.9 Å². The van der Waals surface area contributed by atoms with Gasteiger partial charge < -0.3 is 28.4 Å². The Morgan fingerprint density at radius 3 is 2.15 bits per heavy atom. The third-order valence-corrected chi connectivity index (χ3v) is 6.56. The van der Waals surface area contributed by atoms with Crippen LogP contribution in [-0.4, -0.2) is 96.3 Å². The minimum absolute atomic E-state index is 0.246. The van der Waals surface area contributed by atoms with Crippen LogP contribution >= 0.6 is 0 Å². The van der Waals surface area contributed by atoms with Crippen LogP contribution in [0.5, 0.6) is 0 Å². The lowest BCUT2D eigenvalue weighted by molar-refractivity contribution is -0.236. The van der Waals surface area contributed by atoms with Gasteiger partial charge in [-0.25, -0.2) is 14.5 Å². The van der Waals surface area contributed by atoms with Gasteiger partial charge >= 0.3 is 30.0 Å². The summed E-state index contributed by atoms with van der Waals surface area (Å²) < 4.78 is 32.5. The van der Waals surface area contributed by atoms with Gasteiger partial charge in [-0.1, -0.05) is 30.3 Å². The summed E-state index contributed by atoms with van der Waals surface area (Å²) in [5, 5.41) is 0. The molecule has 0 bridgehead atoms. The molecule has 0 spiro atoms. The van der Waals surface area contributed by atoms with E-state index in [9.17, 15) is 33.6 Å². The molecule has 0 aliphatic carbocycles. The van der Waals surface area contributed by atoms with Crippen LogP contribution in [0.2, 0.25) is 0 Å². The molecule has 0 N–H and O–H groups in total. The molecule has 0 aromatic heterocycles. The van der Waals surface area contributed by atoms with E-state index in [-0.39, 0.29) is 5.56 Å². The molecule has 41 heavy (non-hydrogen) atoms. The zero-order chi connectivity index (χ0) is 30.5. The number of hydrogen-bond acceptors (Lipinski definition) is 13. The topological polar surface area (TPSA) is 178 Å². The van der Waals surface area contributed by atoms with Gasteiger partial charge in [-0.05, 0) is 0 Å². The predicted octanol–water partition coefficient (Wildman–Crippen LogP) is 1.12. The van der Waals surface area contributed by atoms with Crippen molar-refractivity contribution in [2.45, 2.75) is 76.6 Å². The molecule has 1 aromatic rings. The molecule has 2 amide bonds. The number of fused-ring (bicyclic) bond motifs is 1. The zero-order valence-electron chi connectivity index (χ0n) is 23.1. The summed E-state index contributed by atoms with van der Waals surface area (Å²) in [6.45, 7) is 3.66. The molecule has 6 atom stereocenters. The van der Waals surface area contributed by atoms with Crippen molar-refractivity contribution in [3.8, 4) is 0 Å². The highest BCUT2D eigenvalue weighted by molar-refractivity contribution is 6.00. The Balaban J connectivity index is 2.17. The minimum Gasteiger partial charge on any atom is -0.467 e. The van der Waals surface area contributed by atoms with Crippen molar-refractivity contribution in [1.82, 2.24) is 4.90 Å². The number of carbonyl (C=O) groups is 7. The molecular formula is C27H31NO13. The summed E-state index contributed by atoms with van der Waals surface area (Å²) in [5.74, 6) is -4.80. The number of esters is 4. The molecule has 2 aliphatic heterocycles. The zero-order valence-corrected chi connectivity index (χ0v) is 23.1. The highest BCUT2D eigenvalue weighted by Gasteiger charge is 2.63. The Morgan fingerprint density at radius 2 is 1.61 bits per heavy atom. The lowest BCUT2D eigenvalue weighted by atomic mass is 9.80. The molecular weight excluding hydrogens is 546 g/mol. The van der Waals surface area contributed by atoms with Crippen molar-refractivity contribution < 1.29 is 62.0 Å². The first kappa shape index (κ1) is 31.2. The number of Topliss-reactive ketones (excluding diaryl/α,β-unsaturated/α-hetero) is 1. The van der Waals surface area contributed by atoms with Crippen LogP contribution in [0.3, 0.4) is 0 Å². The molecule has 14 heteroatoms. The summed E-state index contributed by atoms with van der Waals surface area (Å²) in [6.07, 6.45) is -8.08. The van der Waals surface area contributed by atoms with Gasteiger partial charge in [-0.3, -0.25) is 24.0 Å². The highest BCUT2D eigenvalue weighted by atomic mass is 16.6. The fraction of sp³-hybridized carbons (Fsp3) is 0.519. The first-order valence-electron chi connectivity index (χ1n) is 12.6. The maximum absolute atomic E-state index is 13.3. The smallest absolute Gasteiger partial charge is 0.417 e. The third-order valence-electron chi connectivity index (χ3n) is 6.56. The summed E-state index contributed by atoms with van der Waals surface area (Å²) in [7, 11) is 1.07. The molecule has 2 fully saturated rings. The van der Waals surface area contributed by atoms with Crippen molar-refractivity contribution in [2.24, 2.45) is 0 Å².